The van der Waals surface area contributed by atoms with E-state index in [9.17, 15) is 8.42 Å². The number of ether oxygens (including phenoxy) is 1. The van der Waals surface area contributed by atoms with Crippen LogP contribution in [0.4, 0.5) is 0 Å². The minimum atomic E-state index is -3.35. The number of hydrogen-bond donors (Lipinski definition) is 0. The predicted molar refractivity (Wildman–Crippen MR) is 60.5 cm³/mol. The van der Waals surface area contributed by atoms with E-state index in [1.807, 2.05) is 0 Å². The Labute approximate surface area is 95.9 Å². The van der Waals surface area contributed by atoms with E-state index in [1.54, 1.807) is 24.3 Å². The van der Waals surface area contributed by atoms with Gasteiger partial charge in [0, 0.05) is 13.1 Å². The summed E-state index contributed by atoms with van der Waals surface area (Å²) in [6.07, 6.45) is 0. The number of nitrogens with zero attached hydrogens (tertiary/aromatic N) is 1. The number of sulfonamides is 1. The van der Waals surface area contributed by atoms with Gasteiger partial charge in [0.15, 0.2) is 0 Å². The number of hydrogen-bond acceptors (Lipinski definition) is 3. The van der Waals surface area contributed by atoms with Gasteiger partial charge in [-0.25, -0.2) is 8.42 Å². The zero-order valence-electron chi connectivity index (χ0n) is 8.93. The molecular formula is C11H14NO3S. The van der Waals surface area contributed by atoms with Crippen molar-refractivity contribution in [1.29, 1.82) is 0 Å². The van der Waals surface area contributed by atoms with Gasteiger partial charge < -0.3 is 4.74 Å². The summed E-state index contributed by atoms with van der Waals surface area (Å²) in [5.41, 5.74) is 0.806. The highest BCUT2D eigenvalue weighted by Crippen LogP contribution is 2.17. The highest BCUT2D eigenvalue weighted by molar-refractivity contribution is 7.89. The van der Waals surface area contributed by atoms with Gasteiger partial charge >= 0.3 is 0 Å². The summed E-state index contributed by atoms with van der Waals surface area (Å²) >= 11 is 0. The van der Waals surface area contributed by atoms with E-state index in [-0.39, 0.29) is 0 Å². The zero-order chi connectivity index (χ0) is 11.6. The molecule has 87 valence electrons. The molecule has 0 amide bonds. The van der Waals surface area contributed by atoms with Crippen LogP contribution in [0.1, 0.15) is 5.56 Å². The second-order valence-corrected chi connectivity index (χ2v) is 5.60. The standard InChI is InChI=1S/C11H14NO3S/c1-10-2-4-11(5-3-10)16(13,14)12-6-8-15-9-7-12/h2-5H,1,6-9H2. The fourth-order valence-electron chi connectivity index (χ4n) is 1.60. The minimum absolute atomic E-state index is 0.321. The average Bonchev–Trinajstić information content (AvgIpc) is 2.31. The molecule has 1 aliphatic rings. The van der Waals surface area contributed by atoms with Crippen molar-refractivity contribution in [2.45, 2.75) is 4.90 Å². The first-order valence-electron chi connectivity index (χ1n) is 5.10. The lowest BCUT2D eigenvalue weighted by atomic mass is 10.2. The molecule has 0 aromatic heterocycles. The Hall–Kier alpha value is -0.910. The van der Waals surface area contributed by atoms with Gasteiger partial charge in [-0.3, -0.25) is 0 Å². The summed E-state index contributed by atoms with van der Waals surface area (Å²) in [5.74, 6) is 0. The van der Waals surface area contributed by atoms with E-state index in [0.717, 1.165) is 5.56 Å². The van der Waals surface area contributed by atoms with Crippen molar-refractivity contribution in [3.05, 3.63) is 36.8 Å². The maximum atomic E-state index is 12.1. The van der Waals surface area contributed by atoms with Gasteiger partial charge in [0.2, 0.25) is 10.0 Å². The summed E-state index contributed by atoms with van der Waals surface area (Å²) in [6, 6.07) is 6.58. The molecule has 1 saturated heterocycles. The molecule has 5 heteroatoms. The van der Waals surface area contributed by atoms with Gasteiger partial charge in [0.05, 0.1) is 18.1 Å². The Morgan fingerprint density at radius 3 is 2.25 bits per heavy atom. The minimum Gasteiger partial charge on any atom is -0.379 e. The molecule has 1 aromatic carbocycles. The SMILES string of the molecule is [CH2]c1ccc(S(=O)(=O)N2CCOCC2)cc1. The molecular weight excluding hydrogens is 226 g/mol. The molecule has 1 fully saturated rings. The van der Waals surface area contributed by atoms with Crippen LogP contribution in [-0.4, -0.2) is 39.0 Å². The molecule has 2 rings (SSSR count). The van der Waals surface area contributed by atoms with Crippen LogP contribution in [0, 0.1) is 6.92 Å². The lowest BCUT2D eigenvalue weighted by molar-refractivity contribution is 0.0730. The Balaban J connectivity index is 2.27. The first kappa shape index (κ1) is 11.6. The largest absolute Gasteiger partial charge is 0.379 e. The van der Waals surface area contributed by atoms with E-state index < -0.39 is 10.0 Å². The summed E-state index contributed by atoms with van der Waals surface area (Å²) in [7, 11) is -3.35. The highest BCUT2D eigenvalue weighted by atomic mass is 32.2. The first-order valence-corrected chi connectivity index (χ1v) is 6.54. The van der Waals surface area contributed by atoms with E-state index in [0.29, 0.717) is 31.2 Å². The van der Waals surface area contributed by atoms with Crippen LogP contribution in [-0.2, 0) is 14.8 Å². The van der Waals surface area contributed by atoms with Gasteiger partial charge in [-0.05, 0) is 24.6 Å². The Morgan fingerprint density at radius 1 is 1.12 bits per heavy atom. The molecule has 0 bridgehead atoms. The monoisotopic (exact) mass is 240 g/mol. The van der Waals surface area contributed by atoms with Crippen molar-refractivity contribution < 1.29 is 13.2 Å². The van der Waals surface area contributed by atoms with Gasteiger partial charge in [-0.2, -0.15) is 4.31 Å². The number of benzene rings is 1. The summed E-state index contributed by atoms with van der Waals surface area (Å²) in [4.78, 5) is 0.321. The molecule has 0 saturated carbocycles. The van der Waals surface area contributed by atoms with Gasteiger partial charge in [-0.1, -0.05) is 12.1 Å². The zero-order valence-corrected chi connectivity index (χ0v) is 9.74. The molecule has 1 aromatic rings. The van der Waals surface area contributed by atoms with Crippen LogP contribution >= 0.6 is 0 Å². The summed E-state index contributed by atoms with van der Waals surface area (Å²) < 4.78 is 30.9. The van der Waals surface area contributed by atoms with Crippen LogP contribution in [0.5, 0.6) is 0 Å². The van der Waals surface area contributed by atoms with Gasteiger partial charge in [-0.15, -0.1) is 0 Å². The smallest absolute Gasteiger partial charge is 0.243 e. The maximum absolute atomic E-state index is 12.1. The molecule has 1 aliphatic heterocycles. The van der Waals surface area contributed by atoms with E-state index >= 15 is 0 Å². The summed E-state index contributed by atoms with van der Waals surface area (Å²) in [5, 5.41) is 0. The third kappa shape index (κ3) is 2.26. The van der Waals surface area contributed by atoms with Crippen LogP contribution in [0.25, 0.3) is 0 Å². The van der Waals surface area contributed by atoms with E-state index in [4.69, 9.17) is 4.74 Å². The fourth-order valence-corrected chi connectivity index (χ4v) is 3.01. The Morgan fingerprint density at radius 2 is 1.69 bits per heavy atom. The Bertz CT molecular complexity index is 447. The maximum Gasteiger partial charge on any atom is 0.243 e. The van der Waals surface area contributed by atoms with Crippen molar-refractivity contribution in [2.75, 3.05) is 26.3 Å². The van der Waals surface area contributed by atoms with Crippen molar-refractivity contribution in [1.82, 2.24) is 4.31 Å². The van der Waals surface area contributed by atoms with Crippen molar-refractivity contribution >= 4 is 10.0 Å². The first-order chi connectivity index (χ1) is 7.60. The van der Waals surface area contributed by atoms with Gasteiger partial charge in [0.25, 0.3) is 0 Å². The van der Waals surface area contributed by atoms with Crippen molar-refractivity contribution in [3.63, 3.8) is 0 Å². The second kappa shape index (κ2) is 4.53. The molecule has 16 heavy (non-hydrogen) atoms. The quantitative estimate of drug-likeness (QED) is 0.771. The predicted octanol–water partition coefficient (Wildman–Crippen LogP) is 0.890. The fraction of sp³-hybridized carbons (Fsp3) is 0.364. The molecule has 4 nitrogen and oxygen atoms in total. The average molecular weight is 240 g/mol. The number of morpholine rings is 1. The van der Waals surface area contributed by atoms with Crippen LogP contribution in [0.3, 0.4) is 0 Å². The van der Waals surface area contributed by atoms with E-state index in [1.165, 1.54) is 4.31 Å². The van der Waals surface area contributed by atoms with Crippen LogP contribution in [0.15, 0.2) is 29.2 Å². The molecule has 0 unspecified atom stereocenters. The van der Waals surface area contributed by atoms with Gasteiger partial charge in [0.1, 0.15) is 0 Å². The molecule has 1 radical (unpaired) electrons. The van der Waals surface area contributed by atoms with Crippen molar-refractivity contribution in [3.8, 4) is 0 Å². The lowest BCUT2D eigenvalue weighted by Gasteiger charge is -2.26. The molecule has 1 heterocycles. The molecule has 0 atom stereocenters. The van der Waals surface area contributed by atoms with Crippen LogP contribution in [0.2, 0.25) is 0 Å². The third-order valence-electron chi connectivity index (χ3n) is 2.53. The topological polar surface area (TPSA) is 46.6 Å². The normalized spacial score (nSPS) is 18.6. The third-order valence-corrected chi connectivity index (χ3v) is 4.44. The molecule has 0 aliphatic carbocycles. The van der Waals surface area contributed by atoms with E-state index in [2.05, 4.69) is 6.92 Å². The summed E-state index contributed by atoms with van der Waals surface area (Å²) in [6.45, 7) is 5.51. The van der Waals surface area contributed by atoms with Crippen molar-refractivity contribution in [2.24, 2.45) is 0 Å². The highest BCUT2D eigenvalue weighted by Gasteiger charge is 2.25. The molecule has 0 spiro atoms. The second-order valence-electron chi connectivity index (χ2n) is 3.66. The Kier molecular flexibility index (Phi) is 3.28. The van der Waals surface area contributed by atoms with Crippen LogP contribution < -0.4 is 0 Å². The number of rotatable bonds is 2. The lowest BCUT2D eigenvalue weighted by Crippen LogP contribution is -2.40. The molecule has 0 N–H and O–H groups in total.